The minimum absolute atomic E-state index is 0.0644. The van der Waals surface area contributed by atoms with Gasteiger partial charge in [-0.3, -0.25) is 10.1 Å². The monoisotopic (exact) mass is 256 g/mol. The van der Waals surface area contributed by atoms with Crippen molar-refractivity contribution in [3.05, 3.63) is 33.6 Å². The van der Waals surface area contributed by atoms with Crippen LogP contribution in [0.4, 0.5) is 10.1 Å². The predicted molar refractivity (Wildman–Crippen MR) is 66.4 cm³/mol. The minimum Gasteiger partial charge on any atom is -0.490 e. The Morgan fingerprint density at radius 3 is 2.83 bits per heavy atom. The Morgan fingerprint density at radius 1 is 1.50 bits per heavy atom. The van der Waals surface area contributed by atoms with Crippen molar-refractivity contribution in [3.8, 4) is 5.75 Å². The molecule has 100 valence electrons. The third kappa shape index (κ3) is 3.96. The average molecular weight is 256 g/mol. The van der Waals surface area contributed by atoms with Crippen LogP contribution in [0.3, 0.4) is 0 Å². The van der Waals surface area contributed by atoms with E-state index in [2.05, 4.69) is 5.32 Å². The van der Waals surface area contributed by atoms with Gasteiger partial charge in [-0.2, -0.15) is 0 Å². The lowest BCUT2D eigenvalue weighted by Gasteiger charge is -2.08. The van der Waals surface area contributed by atoms with Crippen LogP contribution in [0.1, 0.15) is 18.9 Å². The summed E-state index contributed by atoms with van der Waals surface area (Å²) >= 11 is 0. The zero-order valence-corrected chi connectivity index (χ0v) is 10.5. The fraction of sp³-hybridized carbons (Fsp3) is 0.500. The van der Waals surface area contributed by atoms with E-state index in [-0.39, 0.29) is 11.4 Å². The standard InChI is InChI=1S/C12H17FN2O3/c1-3-14-5-4-6-18-12-7-9(2)11(15(16)17)8-10(12)13/h7-8,14H,3-6H2,1-2H3. The summed E-state index contributed by atoms with van der Waals surface area (Å²) in [6, 6.07) is 2.26. The van der Waals surface area contributed by atoms with Gasteiger partial charge in [-0.15, -0.1) is 0 Å². The molecule has 0 aromatic heterocycles. The van der Waals surface area contributed by atoms with Crippen molar-refractivity contribution in [2.24, 2.45) is 0 Å². The summed E-state index contributed by atoms with van der Waals surface area (Å²) in [5.41, 5.74) is 0.163. The van der Waals surface area contributed by atoms with Gasteiger partial charge in [0.2, 0.25) is 0 Å². The predicted octanol–water partition coefficient (Wildman–Crippen LogP) is 2.42. The van der Waals surface area contributed by atoms with Crippen LogP contribution in [0.25, 0.3) is 0 Å². The van der Waals surface area contributed by atoms with E-state index in [0.717, 1.165) is 25.6 Å². The Kier molecular flexibility index (Phi) is 5.51. The molecule has 0 amide bonds. The van der Waals surface area contributed by atoms with Crippen LogP contribution in [0.5, 0.6) is 5.75 Å². The number of aryl methyl sites for hydroxylation is 1. The fourth-order valence-corrected chi connectivity index (χ4v) is 1.51. The van der Waals surface area contributed by atoms with Gasteiger partial charge < -0.3 is 10.1 Å². The number of benzene rings is 1. The zero-order valence-electron chi connectivity index (χ0n) is 10.5. The Balaban J connectivity index is 2.62. The molecule has 1 aromatic carbocycles. The van der Waals surface area contributed by atoms with Crippen LogP contribution in [-0.2, 0) is 0 Å². The molecule has 0 saturated heterocycles. The first-order valence-corrected chi connectivity index (χ1v) is 5.84. The number of nitro benzene ring substituents is 1. The molecule has 0 bridgehead atoms. The number of hydrogen-bond donors (Lipinski definition) is 1. The van der Waals surface area contributed by atoms with E-state index in [1.165, 1.54) is 6.07 Å². The van der Waals surface area contributed by atoms with E-state index in [0.29, 0.717) is 12.2 Å². The number of hydrogen-bond acceptors (Lipinski definition) is 4. The number of nitrogens with one attached hydrogen (secondary N) is 1. The van der Waals surface area contributed by atoms with Crippen LogP contribution < -0.4 is 10.1 Å². The normalized spacial score (nSPS) is 10.4. The first kappa shape index (κ1) is 14.4. The molecule has 0 aliphatic heterocycles. The van der Waals surface area contributed by atoms with Gasteiger partial charge in [0.25, 0.3) is 5.69 Å². The molecular weight excluding hydrogens is 239 g/mol. The van der Waals surface area contributed by atoms with E-state index in [4.69, 9.17) is 4.74 Å². The van der Waals surface area contributed by atoms with Crippen LogP contribution >= 0.6 is 0 Å². The van der Waals surface area contributed by atoms with Gasteiger partial charge in [-0.25, -0.2) is 4.39 Å². The van der Waals surface area contributed by atoms with E-state index >= 15 is 0 Å². The summed E-state index contributed by atoms with van der Waals surface area (Å²) in [6.07, 6.45) is 0.753. The van der Waals surface area contributed by atoms with Crippen molar-refractivity contribution in [3.63, 3.8) is 0 Å². The Labute approximate surface area is 105 Å². The number of halogens is 1. The highest BCUT2D eigenvalue weighted by atomic mass is 19.1. The molecule has 18 heavy (non-hydrogen) atoms. The molecule has 1 rings (SSSR count). The maximum Gasteiger partial charge on any atom is 0.275 e. The van der Waals surface area contributed by atoms with Crippen LogP contribution in [0.15, 0.2) is 12.1 Å². The molecule has 1 aromatic rings. The molecule has 0 aliphatic carbocycles. The Hall–Kier alpha value is -1.69. The number of ether oxygens (including phenoxy) is 1. The lowest BCUT2D eigenvalue weighted by Crippen LogP contribution is -2.16. The van der Waals surface area contributed by atoms with Gasteiger partial charge in [-0.1, -0.05) is 6.92 Å². The molecule has 5 nitrogen and oxygen atoms in total. The smallest absolute Gasteiger partial charge is 0.275 e. The van der Waals surface area contributed by atoms with Gasteiger partial charge in [0.15, 0.2) is 11.6 Å². The molecule has 0 fully saturated rings. The van der Waals surface area contributed by atoms with Crippen molar-refractivity contribution in [1.82, 2.24) is 5.32 Å². The zero-order chi connectivity index (χ0) is 13.5. The summed E-state index contributed by atoms with van der Waals surface area (Å²) < 4.78 is 18.8. The van der Waals surface area contributed by atoms with Crippen molar-refractivity contribution in [2.75, 3.05) is 19.7 Å². The second-order valence-electron chi connectivity index (χ2n) is 3.88. The molecular formula is C12H17FN2O3. The molecule has 0 heterocycles. The van der Waals surface area contributed by atoms with Gasteiger partial charge in [0, 0.05) is 5.56 Å². The highest BCUT2D eigenvalue weighted by Gasteiger charge is 2.16. The van der Waals surface area contributed by atoms with E-state index in [1.54, 1.807) is 6.92 Å². The van der Waals surface area contributed by atoms with Crippen LogP contribution in [-0.4, -0.2) is 24.6 Å². The molecule has 0 saturated carbocycles. The molecule has 0 radical (unpaired) electrons. The third-order valence-corrected chi connectivity index (χ3v) is 2.45. The first-order chi connectivity index (χ1) is 8.56. The average Bonchev–Trinajstić information content (AvgIpc) is 2.32. The summed E-state index contributed by atoms with van der Waals surface area (Å²) in [6.45, 7) is 5.61. The van der Waals surface area contributed by atoms with Gasteiger partial charge >= 0.3 is 0 Å². The molecule has 0 unspecified atom stereocenters. The molecule has 0 aliphatic rings. The summed E-state index contributed by atoms with van der Waals surface area (Å²) in [5, 5.41) is 13.7. The number of rotatable bonds is 7. The molecule has 0 atom stereocenters. The highest BCUT2D eigenvalue weighted by molar-refractivity contribution is 5.45. The van der Waals surface area contributed by atoms with Crippen molar-refractivity contribution in [2.45, 2.75) is 20.3 Å². The summed E-state index contributed by atoms with van der Waals surface area (Å²) in [4.78, 5) is 10.0. The van der Waals surface area contributed by atoms with Gasteiger partial charge in [0.05, 0.1) is 17.6 Å². The molecule has 0 spiro atoms. The van der Waals surface area contributed by atoms with Crippen molar-refractivity contribution in [1.29, 1.82) is 0 Å². The topological polar surface area (TPSA) is 64.4 Å². The van der Waals surface area contributed by atoms with Crippen LogP contribution in [0.2, 0.25) is 0 Å². The number of nitro groups is 1. The number of nitrogens with zero attached hydrogens (tertiary/aromatic N) is 1. The summed E-state index contributed by atoms with van der Waals surface area (Å²) in [7, 11) is 0. The molecule has 1 N–H and O–H groups in total. The maximum absolute atomic E-state index is 13.5. The van der Waals surface area contributed by atoms with E-state index in [9.17, 15) is 14.5 Å². The highest BCUT2D eigenvalue weighted by Crippen LogP contribution is 2.26. The van der Waals surface area contributed by atoms with Crippen molar-refractivity contribution >= 4 is 5.69 Å². The largest absolute Gasteiger partial charge is 0.490 e. The lowest BCUT2D eigenvalue weighted by atomic mass is 10.2. The quantitative estimate of drug-likeness (QED) is 0.462. The lowest BCUT2D eigenvalue weighted by molar-refractivity contribution is -0.385. The van der Waals surface area contributed by atoms with Crippen molar-refractivity contribution < 1.29 is 14.1 Å². The first-order valence-electron chi connectivity index (χ1n) is 5.84. The summed E-state index contributed by atoms with van der Waals surface area (Å²) in [5.74, 6) is -0.634. The second-order valence-corrected chi connectivity index (χ2v) is 3.88. The van der Waals surface area contributed by atoms with Gasteiger partial charge in [-0.05, 0) is 32.5 Å². The Morgan fingerprint density at radius 2 is 2.22 bits per heavy atom. The second kappa shape index (κ2) is 6.90. The maximum atomic E-state index is 13.5. The third-order valence-electron chi connectivity index (χ3n) is 2.45. The minimum atomic E-state index is -0.698. The van der Waals surface area contributed by atoms with Gasteiger partial charge in [0.1, 0.15) is 0 Å². The fourth-order valence-electron chi connectivity index (χ4n) is 1.51. The van der Waals surface area contributed by atoms with Crippen LogP contribution in [0, 0.1) is 22.9 Å². The SMILES string of the molecule is CCNCCCOc1cc(C)c([N+](=O)[O-])cc1F. The van der Waals surface area contributed by atoms with E-state index in [1.807, 2.05) is 6.92 Å². The molecule has 6 heteroatoms. The van der Waals surface area contributed by atoms with E-state index < -0.39 is 10.7 Å². The Bertz CT molecular complexity index is 424.